The minimum Gasteiger partial charge on any atom is -0.486 e. The van der Waals surface area contributed by atoms with Crippen LogP contribution in [0.15, 0.2) is 42.5 Å². The van der Waals surface area contributed by atoms with Crippen molar-refractivity contribution in [3.8, 4) is 11.5 Å². The van der Waals surface area contributed by atoms with Gasteiger partial charge in [-0.3, -0.25) is 4.79 Å². The van der Waals surface area contributed by atoms with E-state index >= 15 is 0 Å². The standard InChI is InChI=1S/C20H17NO4S/c22-19(23)8-6-14(20-21-15-3-1-2-4-18(15)26-20)11-13-5-7-16-17(12-13)25-10-9-24-16/h1-5,7,11-12H,6,8-10H2,(H,22,23). The molecule has 26 heavy (non-hydrogen) atoms. The van der Waals surface area contributed by atoms with Crippen LogP contribution in [0, 0.1) is 0 Å². The molecule has 0 aliphatic carbocycles. The van der Waals surface area contributed by atoms with Crippen molar-refractivity contribution in [2.75, 3.05) is 13.2 Å². The van der Waals surface area contributed by atoms with Crippen molar-refractivity contribution in [1.82, 2.24) is 4.98 Å². The molecule has 1 aliphatic rings. The maximum Gasteiger partial charge on any atom is 0.303 e. The molecule has 3 aromatic rings. The zero-order chi connectivity index (χ0) is 17.9. The van der Waals surface area contributed by atoms with E-state index < -0.39 is 5.97 Å². The molecule has 0 radical (unpaired) electrons. The van der Waals surface area contributed by atoms with Crippen molar-refractivity contribution in [2.24, 2.45) is 0 Å². The Balaban J connectivity index is 1.72. The summed E-state index contributed by atoms with van der Waals surface area (Å²) in [5.41, 5.74) is 2.77. The molecular formula is C20H17NO4S. The molecule has 0 atom stereocenters. The van der Waals surface area contributed by atoms with Crippen LogP contribution >= 0.6 is 11.3 Å². The van der Waals surface area contributed by atoms with Crippen molar-refractivity contribution < 1.29 is 19.4 Å². The van der Waals surface area contributed by atoms with E-state index in [0.717, 1.165) is 32.1 Å². The van der Waals surface area contributed by atoms with Gasteiger partial charge >= 0.3 is 5.97 Å². The number of allylic oxidation sites excluding steroid dienone is 1. The number of carbonyl (C=O) groups is 1. The van der Waals surface area contributed by atoms with E-state index in [4.69, 9.17) is 14.6 Å². The first-order valence-electron chi connectivity index (χ1n) is 8.37. The van der Waals surface area contributed by atoms with Gasteiger partial charge in [0.05, 0.1) is 10.2 Å². The van der Waals surface area contributed by atoms with Crippen LogP contribution in [0.2, 0.25) is 0 Å². The summed E-state index contributed by atoms with van der Waals surface area (Å²) >= 11 is 1.58. The number of nitrogens with zero attached hydrogens (tertiary/aromatic N) is 1. The largest absolute Gasteiger partial charge is 0.486 e. The predicted molar refractivity (Wildman–Crippen MR) is 102 cm³/mol. The maximum atomic E-state index is 11.1. The Morgan fingerprint density at radius 1 is 1.12 bits per heavy atom. The number of rotatable bonds is 5. The monoisotopic (exact) mass is 367 g/mol. The molecule has 0 fully saturated rings. The van der Waals surface area contributed by atoms with E-state index in [9.17, 15) is 4.79 Å². The van der Waals surface area contributed by atoms with Gasteiger partial charge in [-0.15, -0.1) is 11.3 Å². The molecule has 4 rings (SSSR count). The summed E-state index contributed by atoms with van der Waals surface area (Å²) in [7, 11) is 0. The molecular weight excluding hydrogens is 350 g/mol. The lowest BCUT2D eigenvalue weighted by Crippen LogP contribution is -2.15. The second-order valence-corrected chi connectivity index (χ2v) is 6.98. The molecule has 0 spiro atoms. The third-order valence-corrected chi connectivity index (χ3v) is 5.20. The number of aliphatic carboxylic acids is 1. The number of thiazole rings is 1. The van der Waals surface area contributed by atoms with Crippen LogP contribution in [0.3, 0.4) is 0 Å². The Kier molecular flexibility index (Phi) is 4.58. The van der Waals surface area contributed by atoms with Crippen LogP contribution in [0.4, 0.5) is 0 Å². The topological polar surface area (TPSA) is 68.7 Å². The van der Waals surface area contributed by atoms with Gasteiger partial charge in [-0.2, -0.15) is 0 Å². The van der Waals surface area contributed by atoms with E-state index in [1.54, 1.807) is 11.3 Å². The molecule has 0 saturated heterocycles. The summed E-state index contributed by atoms with van der Waals surface area (Å²) in [6.07, 6.45) is 2.47. The molecule has 0 bridgehead atoms. The molecule has 2 aromatic carbocycles. The molecule has 2 heterocycles. The number of fused-ring (bicyclic) bond motifs is 2. The summed E-state index contributed by atoms with van der Waals surface area (Å²) in [5, 5.41) is 9.94. The molecule has 1 aromatic heterocycles. The van der Waals surface area contributed by atoms with E-state index in [2.05, 4.69) is 4.98 Å². The maximum absolute atomic E-state index is 11.1. The molecule has 132 valence electrons. The molecule has 5 nitrogen and oxygen atoms in total. The molecule has 1 N–H and O–H groups in total. The first-order chi connectivity index (χ1) is 12.7. The summed E-state index contributed by atoms with van der Waals surface area (Å²) < 4.78 is 12.3. The zero-order valence-corrected chi connectivity index (χ0v) is 14.8. The number of hydrogen-bond acceptors (Lipinski definition) is 5. The van der Waals surface area contributed by atoms with Gasteiger partial charge in [-0.1, -0.05) is 18.2 Å². The van der Waals surface area contributed by atoms with Crippen LogP contribution in [0.5, 0.6) is 11.5 Å². The first-order valence-corrected chi connectivity index (χ1v) is 9.19. The van der Waals surface area contributed by atoms with Crippen LogP contribution < -0.4 is 9.47 Å². The highest BCUT2D eigenvalue weighted by Gasteiger charge is 2.14. The SMILES string of the molecule is O=C(O)CCC(=Cc1ccc2c(c1)OCCO2)c1nc2ccccc2s1. The number of benzene rings is 2. The van der Waals surface area contributed by atoms with Crippen molar-refractivity contribution in [1.29, 1.82) is 0 Å². The lowest BCUT2D eigenvalue weighted by atomic mass is 10.1. The summed E-state index contributed by atoms with van der Waals surface area (Å²) in [4.78, 5) is 15.7. The molecule has 0 unspecified atom stereocenters. The highest BCUT2D eigenvalue weighted by Crippen LogP contribution is 2.34. The van der Waals surface area contributed by atoms with Crippen molar-refractivity contribution in [3.05, 3.63) is 53.0 Å². The quantitative estimate of drug-likeness (QED) is 0.720. The van der Waals surface area contributed by atoms with Gasteiger partial charge in [0.25, 0.3) is 0 Å². The second kappa shape index (κ2) is 7.17. The molecule has 6 heteroatoms. The predicted octanol–water partition coefficient (Wildman–Crippen LogP) is 4.47. The number of hydrogen-bond donors (Lipinski definition) is 1. The fourth-order valence-electron chi connectivity index (χ4n) is 2.84. The Labute approximate surface area is 154 Å². The average molecular weight is 367 g/mol. The van der Waals surface area contributed by atoms with Crippen LogP contribution in [0.25, 0.3) is 21.9 Å². The minimum atomic E-state index is -0.820. The van der Waals surface area contributed by atoms with Gasteiger partial charge < -0.3 is 14.6 Å². The van der Waals surface area contributed by atoms with Crippen molar-refractivity contribution in [2.45, 2.75) is 12.8 Å². The zero-order valence-electron chi connectivity index (χ0n) is 14.0. The highest BCUT2D eigenvalue weighted by atomic mass is 32.1. The van der Waals surface area contributed by atoms with Gasteiger partial charge in [0.15, 0.2) is 11.5 Å². The van der Waals surface area contributed by atoms with E-state index in [1.165, 1.54) is 0 Å². The summed E-state index contributed by atoms with van der Waals surface area (Å²) in [5.74, 6) is 0.631. The molecule has 0 amide bonds. The fraction of sp³-hybridized carbons (Fsp3) is 0.200. The number of para-hydroxylation sites is 1. The van der Waals surface area contributed by atoms with E-state index in [-0.39, 0.29) is 6.42 Å². The van der Waals surface area contributed by atoms with Crippen molar-refractivity contribution in [3.63, 3.8) is 0 Å². The van der Waals surface area contributed by atoms with Gasteiger partial charge in [-0.05, 0) is 47.9 Å². The number of aromatic nitrogens is 1. The minimum absolute atomic E-state index is 0.0618. The normalized spacial score (nSPS) is 13.8. The van der Waals surface area contributed by atoms with E-state index in [0.29, 0.717) is 25.4 Å². The first kappa shape index (κ1) is 16.6. The molecule has 0 saturated carbocycles. The molecule has 1 aliphatic heterocycles. The smallest absolute Gasteiger partial charge is 0.303 e. The number of carboxylic acid groups (broad SMARTS) is 1. The van der Waals surface area contributed by atoms with Gasteiger partial charge in [0.2, 0.25) is 0 Å². The van der Waals surface area contributed by atoms with Gasteiger partial charge in [0, 0.05) is 6.42 Å². The van der Waals surface area contributed by atoms with Gasteiger partial charge in [0.1, 0.15) is 18.2 Å². The Morgan fingerprint density at radius 3 is 2.73 bits per heavy atom. The van der Waals surface area contributed by atoms with Gasteiger partial charge in [-0.25, -0.2) is 4.98 Å². The van der Waals surface area contributed by atoms with E-state index in [1.807, 2.05) is 48.5 Å². The van der Waals surface area contributed by atoms with Crippen LogP contribution in [-0.2, 0) is 4.79 Å². The van der Waals surface area contributed by atoms with Crippen molar-refractivity contribution >= 4 is 39.2 Å². The Hall–Kier alpha value is -2.86. The Morgan fingerprint density at radius 2 is 1.92 bits per heavy atom. The lowest BCUT2D eigenvalue weighted by Gasteiger charge is -2.18. The summed E-state index contributed by atoms with van der Waals surface area (Å²) in [6, 6.07) is 13.7. The number of ether oxygens (including phenoxy) is 2. The lowest BCUT2D eigenvalue weighted by molar-refractivity contribution is -0.136. The average Bonchev–Trinajstić information content (AvgIpc) is 3.09. The number of carboxylic acids is 1. The fourth-order valence-corrected chi connectivity index (χ4v) is 3.85. The van der Waals surface area contributed by atoms with Crippen LogP contribution in [-0.4, -0.2) is 29.3 Å². The van der Waals surface area contributed by atoms with Crippen LogP contribution in [0.1, 0.15) is 23.4 Å². The summed E-state index contributed by atoms with van der Waals surface area (Å²) in [6.45, 7) is 1.08. The third kappa shape index (κ3) is 3.55. The second-order valence-electron chi connectivity index (χ2n) is 5.95. The Bertz CT molecular complexity index is 959. The third-order valence-electron chi connectivity index (χ3n) is 4.08. The highest BCUT2D eigenvalue weighted by molar-refractivity contribution is 7.19.